The number of benzene rings is 1. The van der Waals surface area contributed by atoms with Crippen molar-refractivity contribution in [2.45, 2.75) is 6.92 Å². The van der Waals surface area contributed by atoms with Crippen LogP contribution >= 0.6 is 0 Å². The molecule has 1 N–H and O–H groups in total. The lowest BCUT2D eigenvalue weighted by molar-refractivity contribution is 0.388. The molecule has 3 aromatic rings. The van der Waals surface area contributed by atoms with Crippen molar-refractivity contribution >= 4 is 10.9 Å². The van der Waals surface area contributed by atoms with Gasteiger partial charge < -0.3 is 4.57 Å². The lowest BCUT2D eigenvalue weighted by Crippen LogP contribution is -1.94. The molecule has 0 aliphatic heterocycles. The van der Waals surface area contributed by atoms with Crippen LogP contribution in [0.5, 0.6) is 0 Å². The summed E-state index contributed by atoms with van der Waals surface area (Å²) in [6, 6.07) is 5.92. The molecule has 3 rings (SSSR count). The standard InChI is InChI=1S/C12H11N3O2/c1-7-6-15(2)10-4-3-8(5-9(7)10)11-13-12(16)17-14-11/h3-6H,1-2H3,(H,13,14,16). The molecule has 0 fully saturated rings. The summed E-state index contributed by atoms with van der Waals surface area (Å²) in [7, 11) is 2.01. The van der Waals surface area contributed by atoms with Crippen molar-refractivity contribution < 1.29 is 4.52 Å². The van der Waals surface area contributed by atoms with E-state index in [9.17, 15) is 4.79 Å². The van der Waals surface area contributed by atoms with E-state index in [2.05, 4.69) is 32.4 Å². The molecule has 0 atom stereocenters. The fraction of sp³-hybridized carbons (Fsp3) is 0.167. The highest BCUT2D eigenvalue weighted by molar-refractivity contribution is 5.87. The topological polar surface area (TPSA) is 63.8 Å². The highest BCUT2D eigenvalue weighted by Crippen LogP contribution is 2.24. The summed E-state index contributed by atoms with van der Waals surface area (Å²) < 4.78 is 6.57. The van der Waals surface area contributed by atoms with E-state index in [1.807, 2.05) is 25.2 Å². The summed E-state index contributed by atoms with van der Waals surface area (Å²) in [5, 5.41) is 4.83. The van der Waals surface area contributed by atoms with Crippen molar-refractivity contribution in [1.29, 1.82) is 0 Å². The van der Waals surface area contributed by atoms with Gasteiger partial charge in [-0.2, -0.15) is 0 Å². The van der Waals surface area contributed by atoms with Gasteiger partial charge in [-0.1, -0.05) is 5.16 Å². The van der Waals surface area contributed by atoms with Crippen molar-refractivity contribution in [2.75, 3.05) is 0 Å². The number of hydrogen-bond acceptors (Lipinski definition) is 3. The molecule has 0 radical (unpaired) electrons. The summed E-state index contributed by atoms with van der Waals surface area (Å²) in [6.45, 7) is 2.05. The van der Waals surface area contributed by atoms with Gasteiger partial charge in [0.25, 0.3) is 0 Å². The van der Waals surface area contributed by atoms with Gasteiger partial charge in [-0.3, -0.25) is 9.51 Å². The van der Waals surface area contributed by atoms with Gasteiger partial charge in [0.1, 0.15) is 0 Å². The number of hydrogen-bond donors (Lipinski definition) is 1. The first-order valence-corrected chi connectivity index (χ1v) is 5.27. The first-order chi connectivity index (χ1) is 8.15. The number of nitrogens with zero attached hydrogens (tertiary/aromatic N) is 2. The number of nitrogens with one attached hydrogen (secondary N) is 1. The molecule has 1 aromatic carbocycles. The van der Waals surface area contributed by atoms with Gasteiger partial charge in [-0.05, 0) is 30.7 Å². The monoisotopic (exact) mass is 229 g/mol. The van der Waals surface area contributed by atoms with E-state index in [1.54, 1.807) is 0 Å². The predicted molar refractivity (Wildman–Crippen MR) is 63.8 cm³/mol. The summed E-state index contributed by atoms with van der Waals surface area (Å²) in [5.74, 6) is -0.0787. The van der Waals surface area contributed by atoms with E-state index in [4.69, 9.17) is 0 Å². The number of fused-ring (bicyclic) bond motifs is 1. The maximum Gasteiger partial charge on any atom is 0.439 e. The Kier molecular flexibility index (Phi) is 1.95. The Labute approximate surface area is 96.7 Å². The van der Waals surface area contributed by atoms with Crippen molar-refractivity contribution in [1.82, 2.24) is 14.7 Å². The van der Waals surface area contributed by atoms with Gasteiger partial charge in [0.15, 0.2) is 5.82 Å². The average molecular weight is 229 g/mol. The third-order valence-electron chi connectivity index (χ3n) is 2.90. The zero-order valence-electron chi connectivity index (χ0n) is 9.52. The molecule has 86 valence electrons. The first kappa shape index (κ1) is 9.89. The Bertz CT molecular complexity index is 749. The summed E-state index contributed by atoms with van der Waals surface area (Å²) >= 11 is 0. The SMILES string of the molecule is Cc1cn(C)c2ccc(-c3noc(=O)[nH]3)cc12. The normalized spacial score (nSPS) is 11.2. The van der Waals surface area contributed by atoms with Crippen LogP contribution in [0.15, 0.2) is 33.7 Å². The van der Waals surface area contributed by atoms with E-state index in [1.165, 1.54) is 5.56 Å². The second-order valence-corrected chi connectivity index (χ2v) is 4.10. The lowest BCUT2D eigenvalue weighted by Gasteiger charge is -1.98. The molecule has 0 aliphatic carbocycles. The Morgan fingerprint density at radius 1 is 1.41 bits per heavy atom. The van der Waals surface area contributed by atoms with Gasteiger partial charge in [-0.15, -0.1) is 0 Å². The molecule has 0 unspecified atom stereocenters. The Hall–Kier alpha value is -2.30. The van der Waals surface area contributed by atoms with Crippen LogP contribution in [0.25, 0.3) is 22.3 Å². The van der Waals surface area contributed by atoms with Crippen molar-refractivity contribution in [3.63, 3.8) is 0 Å². The minimum absolute atomic E-state index is 0.458. The van der Waals surface area contributed by atoms with Gasteiger partial charge in [0, 0.05) is 29.7 Å². The van der Waals surface area contributed by atoms with Crippen LogP contribution in [-0.2, 0) is 7.05 Å². The minimum atomic E-state index is -0.537. The largest absolute Gasteiger partial charge is 0.439 e. The third-order valence-corrected chi connectivity index (χ3v) is 2.90. The molecule has 0 bridgehead atoms. The summed E-state index contributed by atoms with van der Waals surface area (Å²) in [4.78, 5) is 13.5. The van der Waals surface area contributed by atoms with Crippen LogP contribution in [0.4, 0.5) is 0 Å². The van der Waals surface area contributed by atoms with E-state index in [-0.39, 0.29) is 0 Å². The Balaban J connectivity index is 2.26. The lowest BCUT2D eigenvalue weighted by atomic mass is 10.1. The smallest absolute Gasteiger partial charge is 0.350 e. The van der Waals surface area contributed by atoms with Gasteiger partial charge >= 0.3 is 5.76 Å². The molecule has 5 heteroatoms. The number of aromatic nitrogens is 3. The van der Waals surface area contributed by atoms with Crippen LogP contribution in [0.1, 0.15) is 5.56 Å². The molecule has 0 saturated carbocycles. The van der Waals surface area contributed by atoms with E-state index >= 15 is 0 Å². The molecule has 0 saturated heterocycles. The summed E-state index contributed by atoms with van der Waals surface area (Å²) in [6.07, 6.45) is 2.07. The molecule has 0 spiro atoms. The molecule has 2 heterocycles. The second kappa shape index (κ2) is 3.35. The van der Waals surface area contributed by atoms with E-state index in [0.717, 1.165) is 16.5 Å². The summed E-state index contributed by atoms with van der Waals surface area (Å²) in [5.41, 5.74) is 3.19. The molecule has 17 heavy (non-hydrogen) atoms. The maximum atomic E-state index is 10.9. The number of aryl methyl sites for hydroxylation is 2. The van der Waals surface area contributed by atoms with Gasteiger partial charge in [0.2, 0.25) is 0 Å². The van der Waals surface area contributed by atoms with Crippen LogP contribution in [-0.4, -0.2) is 14.7 Å². The molecule has 0 amide bonds. The predicted octanol–water partition coefficient (Wildman–Crippen LogP) is 1.83. The minimum Gasteiger partial charge on any atom is -0.350 e. The first-order valence-electron chi connectivity index (χ1n) is 5.27. The molecule has 5 nitrogen and oxygen atoms in total. The fourth-order valence-electron chi connectivity index (χ4n) is 2.09. The van der Waals surface area contributed by atoms with Crippen molar-refractivity contribution in [3.8, 4) is 11.4 Å². The van der Waals surface area contributed by atoms with Crippen molar-refractivity contribution in [2.24, 2.45) is 7.05 Å². The zero-order chi connectivity index (χ0) is 12.0. The van der Waals surface area contributed by atoms with Gasteiger partial charge in [-0.25, -0.2) is 4.79 Å². The zero-order valence-corrected chi connectivity index (χ0v) is 9.52. The van der Waals surface area contributed by atoms with Crippen molar-refractivity contribution in [3.05, 3.63) is 40.5 Å². The molecular weight excluding hydrogens is 218 g/mol. The fourth-order valence-corrected chi connectivity index (χ4v) is 2.09. The average Bonchev–Trinajstić information content (AvgIpc) is 2.85. The Morgan fingerprint density at radius 2 is 2.24 bits per heavy atom. The van der Waals surface area contributed by atoms with Crippen LogP contribution in [0, 0.1) is 6.92 Å². The number of H-pyrrole nitrogens is 1. The molecule has 2 aromatic heterocycles. The van der Waals surface area contributed by atoms with Crippen LogP contribution in [0.3, 0.4) is 0 Å². The van der Waals surface area contributed by atoms with E-state index < -0.39 is 5.76 Å². The molecular formula is C12H11N3O2. The second-order valence-electron chi connectivity index (χ2n) is 4.10. The number of aromatic amines is 1. The quantitative estimate of drug-likeness (QED) is 0.692. The van der Waals surface area contributed by atoms with Crippen LogP contribution in [0.2, 0.25) is 0 Å². The molecule has 0 aliphatic rings. The highest BCUT2D eigenvalue weighted by Gasteiger charge is 2.08. The highest BCUT2D eigenvalue weighted by atomic mass is 16.5. The third kappa shape index (κ3) is 1.47. The van der Waals surface area contributed by atoms with Crippen LogP contribution < -0.4 is 5.76 Å². The van der Waals surface area contributed by atoms with Gasteiger partial charge in [0.05, 0.1) is 0 Å². The number of rotatable bonds is 1. The van der Waals surface area contributed by atoms with E-state index in [0.29, 0.717) is 5.82 Å². The maximum absolute atomic E-state index is 10.9. The Morgan fingerprint density at radius 3 is 2.94 bits per heavy atom.